The van der Waals surface area contributed by atoms with Crippen molar-refractivity contribution in [2.75, 3.05) is 13.6 Å². The highest BCUT2D eigenvalue weighted by atomic mass is 35.5. The normalized spacial score (nSPS) is 30.7. The van der Waals surface area contributed by atoms with Crippen molar-refractivity contribution in [3.63, 3.8) is 0 Å². The van der Waals surface area contributed by atoms with E-state index in [1.54, 1.807) is 0 Å². The SMILES string of the molecule is CC1CCC(CN)(N(C)Cc2ccc(Cl)cc2)C(C)C1. The van der Waals surface area contributed by atoms with E-state index in [1.165, 1.54) is 24.8 Å². The van der Waals surface area contributed by atoms with Crippen molar-refractivity contribution in [2.45, 2.75) is 45.2 Å². The van der Waals surface area contributed by atoms with Crippen LogP contribution in [0.1, 0.15) is 38.7 Å². The molecule has 1 saturated carbocycles. The molecule has 0 saturated heterocycles. The van der Waals surface area contributed by atoms with E-state index in [-0.39, 0.29) is 5.54 Å². The molecule has 112 valence electrons. The zero-order chi connectivity index (χ0) is 14.8. The number of nitrogens with zero attached hydrogens (tertiary/aromatic N) is 1. The summed E-state index contributed by atoms with van der Waals surface area (Å²) in [7, 11) is 2.22. The summed E-state index contributed by atoms with van der Waals surface area (Å²) in [5.41, 5.74) is 7.64. The Morgan fingerprint density at radius 1 is 1.30 bits per heavy atom. The molecular weight excluding hydrogens is 268 g/mol. The largest absolute Gasteiger partial charge is 0.329 e. The van der Waals surface area contributed by atoms with Gasteiger partial charge in [0.2, 0.25) is 0 Å². The van der Waals surface area contributed by atoms with Crippen molar-refractivity contribution in [3.05, 3.63) is 34.9 Å². The number of halogens is 1. The van der Waals surface area contributed by atoms with Crippen LogP contribution in [0.4, 0.5) is 0 Å². The van der Waals surface area contributed by atoms with Crippen LogP contribution >= 0.6 is 11.6 Å². The first kappa shape index (κ1) is 15.8. The fourth-order valence-corrected chi connectivity index (χ4v) is 3.86. The summed E-state index contributed by atoms with van der Waals surface area (Å²) in [5, 5.41) is 0.796. The molecule has 3 heteroatoms. The zero-order valence-electron chi connectivity index (χ0n) is 12.9. The Hall–Kier alpha value is -0.570. The molecular formula is C17H27ClN2. The molecule has 1 aliphatic rings. The lowest BCUT2D eigenvalue weighted by Crippen LogP contribution is -2.58. The minimum atomic E-state index is 0.145. The lowest BCUT2D eigenvalue weighted by Gasteiger charge is -2.50. The van der Waals surface area contributed by atoms with Crippen LogP contribution in [-0.4, -0.2) is 24.0 Å². The van der Waals surface area contributed by atoms with E-state index in [1.807, 2.05) is 12.1 Å². The molecule has 20 heavy (non-hydrogen) atoms. The predicted octanol–water partition coefficient (Wildman–Crippen LogP) is 3.93. The first-order valence-electron chi connectivity index (χ1n) is 7.63. The van der Waals surface area contributed by atoms with E-state index in [0.717, 1.165) is 24.0 Å². The van der Waals surface area contributed by atoms with Crippen LogP contribution in [-0.2, 0) is 6.54 Å². The summed E-state index contributed by atoms with van der Waals surface area (Å²) in [4.78, 5) is 2.47. The van der Waals surface area contributed by atoms with Gasteiger partial charge in [0.15, 0.2) is 0 Å². The molecule has 0 aromatic heterocycles. The Balaban J connectivity index is 2.12. The summed E-state index contributed by atoms with van der Waals surface area (Å²) >= 11 is 5.96. The van der Waals surface area contributed by atoms with E-state index in [0.29, 0.717) is 5.92 Å². The maximum atomic E-state index is 6.19. The maximum absolute atomic E-state index is 6.19. The number of nitrogens with two attached hydrogens (primary N) is 1. The van der Waals surface area contributed by atoms with Gasteiger partial charge in [-0.3, -0.25) is 4.90 Å². The van der Waals surface area contributed by atoms with Crippen LogP contribution < -0.4 is 5.73 Å². The average molecular weight is 295 g/mol. The smallest absolute Gasteiger partial charge is 0.0406 e. The average Bonchev–Trinajstić information content (AvgIpc) is 2.42. The molecule has 0 heterocycles. The number of hydrogen-bond acceptors (Lipinski definition) is 2. The molecule has 1 aliphatic carbocycles. The third kappa shape index (κ3) is 3.19. The van der Waals surface area contributed by atoms with E-state index >= 15 is 0 Å². The van der Waals surface area contributed by atoms with Crippen molar-refractivity contribution in [1.82, 2.24) is 4.90 Å². The van der Waals surface area contributed by atoms with Gasteiger partial charge in [0.05, 0.1) is 0 Å². The Kier molecular flexibility index (Phi) is 5.11. The highest BCUT2D eigenvalue weighted by molar-refractivity contribution is 6.30. The third-order valence-corrected chi connectivity index (χ3v) is 5.44. The van der Waals surface area contributed by atoms with Gasteiger partial charge in [0.25, 0.3) is 0 Å². The molecule has 0 bridgehead atoms. The predicted molar refractivity (Wildman–Crippen MR) is 86.9 cm³/mol. The molecule has 1 fully saturated rings. The standard InChI is InChI=1S/C17H27ClN2/c1-13-8-9-17(12-19,14(2)10-13)20(3)11-15-4-6-16(18)7-5-15/h4-7,13-14H,8-12,19H2,1-3H3. The third-order valence-electron chi connectivity index (χ3n) is 5.19. The monoisotopic (exact) mass is 294 g/mol. The molecule has 0 aliphatic heterocycles. The summed E-state index contributed by atoms with van der Waals surface area (Å²) < 4.78 is 0. The van der Waals surface area contributed by atoms with Gasteiger partial charge in [-0.25, -0.2) is 0 Å². The number of hydrogen-bond donors (Lipinski definition) is 1. The molecule has 0 radical (unpaired) electrons. The van der Waals surface area contributed by atoms with Crippen LogP contribution in [0, 0.1) is 11.8 Å². The second-order valence-corrected chi connectivity index (χ2v) is 7.01. The van der Waals surface area contributed by atoms with E-state index in [4.69, 9.17) is 17.3 Å². The summed E-state index contributed by atoms with van der Waals surface area (Å²) in [6.45, 7) is 6.40. The molecule has 3 unspecified atom stereocenters. The highest BCUT2D eigenvalue weighted by Gasteiger charge is 2.42. The topological polar surface area (TPSA) is 29.3 Å². The quantitative estimate of drug-likeness (QED) is 0.912. The maximum Gasteiger partial charge on any atom is 0.0406 e. The fourth-order valence-electron chi connectivity index (χ4n) is 3.73. The molecule has 2 nitrogen and oxygen atoms in total. The minimum Gasteiger partial charge on any atom is -0.329 e. The van der Waals surface area contributed by atoms with E-state index < -0.39 is 0 Å². The van der Waals surface area contributed by atoms with Gasteiger partial charge in [0, 0.05) is 23.7 Å². The molecule has 0 amide bonds. The van der Waals surface area contributed by atoms with E-state index in [9.17, 15) is 0 Å². The Morgan fingerprint density at radius 3 is 2.50 bits per heavy atom. The Bertz CT molecular complexity index is 431. The van der Waals surface area contributed by atoms with Crippen LogP contribution in [0.25, 0.3) is 0 Å². The van der Waals surface area contributed by atoms with Gasteiger partial charge in [0.1, 0.15) is 0 Å². The van der Waals surface area contributed by atoms with Crippen LogP contribution in [0.3, 0.4) is 0 Å². The van der Waals surface area contributed by atoms with Crippen LogP contribution in [0.2, 0.25) is 5.02 Å². The van der Waals surface area contributed by atoms with Crippen molar-refractivity contribution in [3.8, 4) is 0 Å². The first-order valence-corrected chi connectivity index (χ1v) is 8.01. The summed E-state index contributed by atoms with van der Waals surface area (Å²) in [6.07, 6.45) is 3.77. The molecule has 0 spiro atoms. The van der Waals surface area contributed by atoms with Gasteiger partial charge in [-0.1, -0.05) is 37.6 Å². The summed E-state index contributed by atoms with van der Waals surface area (Å²) in [6, 6.07) is 8.15. The van der Waals surface area contributed by atoms with Crippen LogP contribution in [0.5, 0.6) is 0 Å². The highest BCUT2D eigenvalue weighted by Crippen LogP contribution is 2.40. The molecule has 2 rings (SSSR count). The van der Waals surface area contributed by atoms with Gasteiger partial charge >= 0.3 is 0 Å². The molecule has 1 aromatic carbocycles. The number of rotatable bonds is 4. The number of likely N-dealkylation sites (N-methyl/N-ethyl adjacent to an activating group) is 1. The molecule has 3 atom stereocenters. The van der Waals surface area contributed by atoms with Gasteiger partial charge in [-0.05, 0) is 55.8 Å². The van der Waals surface area contributed by atoms with Gasteiger partial charge < -0.3 is 5.73 Å². The Labute approximate surface area is 128 Å². The van der Waals surface area contributed by atoms with E-state index in [2.05, 4.69) is 37.9 Å². The molecule has 1 aromatic rings. The molecule has 2 N–H and O–H groups in total. The van der Waals surface area contributed by atoms with Gasteiger partial charge in [-0.15, -0.1) is 0 Å². The van der Waals surface area contributed by atoms with Crippen molar-refractivity contribution in [2.24, 2.45) is 17.6 Å². The minimum absolute atomic E-state index is 0.145. The zero-order valence-corrected chi connectivity index (χ0v) is 13.7. The summed E-state index contributed by atoms with van der Waals surface area (Å²) in [5.74, 6) is 1.47. The number of benzene rings is 1. The first-order chi connectivity index (χ1) is 9.48. The second-order valence-electron chi connectivity index (χ2n) is 6.57. The fraction of sp³-hybridized carbons (Fsp3) is 0.647. The van der Waals surface area contributed by atoms with Crippen molar-refractivity contribution >= 4 is 11.6 Å². The lowest BCUT2D eigenvalue weighted by molar-refractivity contribution is 0.0128. The second kappa shape index (κ2) is 6.46. The van der Waals surface area contributed by atoms with Gasteiger partial charge in [-0.2, -0.15) is 0 Å². The van der Waals surface area contributed by atoms with Crippen molar-refractivity contribution < 1.29 is 0 Å². The van der Waals surface area contributed by atoms with Crippen LogP contribution in [0.15, 0.2) is 24.3 Å². The van der Waals surface area contributed by atoms with Crippen molar-refractivity contribution in [1.29, 1.82) is 0 Å². The Morgan fingerprint density at radius 2 is 1.95 bits per heavy atom. The lowest BCUT2D eigenvalue weighted by atomic mass is 9.69.